The average Bonchev–Trinajstić information content (AvgIpc) is 2.85. The Morgan fingerprint density at radius 2 is 1.79 bits per heavy atom. The molecule has 0 bridgehead atoms. The van der Waals surface area contributed by atoms with E-state index in [9.17, 15) is 4.79 Å². The first-order chi connectivity index (χ1) is 11.5. The molecule has 4 nitrogen and oxygen atoms in total. The van der Waals surface area contributed by atoms with Crippen LogP contribution in [0.2, 0.25) is 10.0 Å². The van der Waals surface area contributed by atoms with Crippen LogP contribution in [-0.4, -0.2) is 12.5 Å². The molecular formula is C18H17Cl2N3O. The summed E-state index contributed by atoms with van der Waals surface area (Å²) in [6.07, 6.45) is 0.436. The molecule has 0 spiro atoms. The second kappa shape index (κ2) is 6.75. The van der Waals surface area contributed by atoms with Gasteiger partial charge in [-0.3, -0.25) is 4.79 Å². The van der Waals surface area contributed by atoms with Crippen molar-refractivity contribution in [2.45, 2.75) is 13.3 Å². The predicted molar refractivity (Wildman–Crippen MR) is 101 cm³/mol. The quantitative estimate of drug-likeness (QED) is 0.795. The number of hydrogen-bond acceptors (Lipinski definition) is 3. The minimum absolute atomic E-state index is 0.136. The molecule has 3 rings (SSSR count). The van der Waals surface area contributed by atoms with Crippen LogP contribution in [0.25, 0.3) is 0 Å². The zero-order valence-electron chi connectivity index (χ0n) is 13.2. The highest BCUT2D eigenvalue weighted by atomic mass is 35.5. The largest absolute Gasteiger partial charge is 0.342 e. The first-order valence-corrected chi connectivity index (χ1v) is 8.35. The van der Waals surface area contributed by atoms with E-state index in [1.54, 1.807) is 17.0 Å². The third kappa shape index (κ3) is 3.35. The smallest absolute Gasteiger partial charge is 0.231 e. The third-order valence-corrected chi connectivity index (χ3v) is 4.58. The molecule has 2 N–H and O–H groups in total. The number of likely N-dealkylation sites (N-methyl/N-ethyl adjacent to an activating group) is 1. The fraction of sp³-hybridized carbons (Fsp3) is 0.167. The summed E-state index contributed by atoms with van der Waals surface area (Å²) in [6.45, 7) is 6.62. The van der Waals surface area contributed by atoms with Crippen molar-refractivity contribution in [2.75, 3.05) is 22.1 Å². The normalized spacial score (nSPS) is 13.0. The maximum Gasteiger partial charge on any atom is 0.231 e. The lowest BCUT2D eigenvalue weighted by Crippen LogP contribution is -2.25. The second-order valence-corrected chi connectivity index (χ2v) is 6.33. The van der Waals surface area contributed by atoms with Crippen LogP contribution in [0.4, 0.5) is 17.1 Å². The van der Waals surface area contributed by atoms with E-state index in [2.05, 4.69) is 17.2 Å². The van der Waals surface area contributed by atoms with Crippen LogP contribution >= 0.6 is 23.2 Å². The Balaban J connectivity index is 1.70. The van der Waals surface area contributed by atoms with Gasteiger partial charge in [-0.25, -0.2) is 0 Å². The Kier molecular flexibility index (Phi) is 4.69. The van der Waals surface area contributed by atoms with Gasteiger partial charge >= 0.3 is 0 Å². The van der Waals surface area contributed by atoms with Gasteiger partial charge in [0.2, 0.25) is 5.91 Å². The van der Waals surface area contributed by atoms with Crippen LogP contribution in [0.3, 0.4) is 0 Å². The monoisotopic (exact) mass is 361 g/mol. The van der Waals surface area contributed by atoms with Crippen molar-refractivity contribution in [1.82, 2.24) is 0 Å². The van der Waals surface area contributed by atoms with Gasteiger partial charge in [-0.2, -0.15) is 0 Å². The van der Waals surface area contributed by atoms with Crippen molar-refractivity contribution in [3.8, 4) is 0 Å². The lowest BCUT2D eigenvalue weighted by Gasteiger charge is -2.16. The Labute approximate surface area is 151 Å². The molecule has 24 heavy (non-hydrogen) atoms. The van der Waals surface area contributed by atoms with Gasteiger partial charge in [0.05, 0.1) is 16.5 Å². The number of fused-ring (bicyclic) bond motifs is 1. The summed E-state index contributed by atoms with van der Waals surface area (Å²) in [5, 5.41) is 7.30. The summed E-state index contributed by atoms with van der Waals surface area (Å²) < 4.78 is 0. The number of halogens is 2. The number of anilines is 3. The lowest BCUT2D eigenvalue weighted by atomic mass is 10.1. The number of nitrogens with one attached hydrogen (secondary N) is 2. The highest BCUT2D eigenvalue weighted by Gasteiger charge is 2.25. The van der Waals surface area contributed by atoms with Crippen molar-refractivity contribution in [3.05, 3.63) is 64.4 Å². The zero-order chi connectivity index (χ0) is 17.3. The number of carbonyl (C=O) groups is 1. The maximum absolute atomic E-state index is 11.9. The van der Waals surface area contributed by atoms with Crippen LogP contribution in [-0.2, 0) is 11.2 Å². The van der Waals surface area contributed by atoms with Gasteiger partial charge in [0.1, 0.15) is 5.82 Å². The lowest BCUT2D eigenvalue weighted by molar-refractivity contribution is -0.117. The van der Waals surface area contributed by atoms with E-state index in [1.165, 1.54) is 0 Å². The molecule has 124 valence electrons. The highest BCUT2D eigenvalue weighted by Crippen LogP contribution is 2.31. The molecule has 0 unspecified atom stereocenters. The Morgan fingerprint density at radius 1 is 1.12 bits per heavy atom. The molecule has 0 fully saturated rings. The van der Waals surface area contributed by atoms with E-state index < -0.39 is 0 Å². The standard InChI is InChI=1S/C18H17Cl2N3O/c1-3-23-17-7-5-13(8-12(17)9-18(23)24)21-11(2)22-14-4-6-15(19)16(20)10-14/h4-8,10,21-22H,2-3,9H2,1H3. The molecule has 1 aliphatic heterocycles. The van der Waals surface area contributed by atoms with Crippen LogP contribution < -0.4 is 15.5 Å². The van der Waals surface area contributed by atoms with Crippen molar-refractivity contribution < 1.29 is 4.79 Å². The summed E-state index contributed by atoms with van der Waals surface area (Å²) in [6, 6.07) is 11.1. The molecule has 0 saturated heterocycles. The van der Waals surface area contributed by atoms with Crippen LogP contribution in [0, 0.1) is 0 Å². The molecule has 1 amide bonds. The molecule has 0 radical (unpaired) electrons. The third-order valence-electron chi connectivity index (χ3n) is 3.84. The first-order valence-electron chi connectivity index (χ1n) is 7.59. The van der Waals surface area contributed by atoms with Gasteiger partial charge in [-0.05, 0) is 48.9 Å². The Bertz CT molecular complexity index is 820. The fourth-order valence-corrected chi connectivity index (χ4v) is 3.06. The van der Waals surface area contributed by atoms with Gasteiger partial charge in [0.15, 0.2) is 0 Å². The number of benzene rings is 2. The Morgan fingerprint density at radius 3 is 2.46 bits per heavy atom. The molecule has 6 heteroatoms. The Hall–Kier alpha value is -2.17. The van der Waals surface area contributed by atoms with E-state index >= 15 is 0 Å². The minimum atomic E-state index is 0.136. The predicted octanol–water partition coefficient (Wildman–Crippen LogP) is 4.90. The SMILES string of the molecule is C=C(Nc1ccc(Cl)c(Cl)c1)Nc1ccc2c(c1)CC(=O)N2CC. The number of amides is 1. The van der Waals surface area contributed by atoms with Crippen LogP contribution in [0.15, 0.2) is 48.8 Å². The molecule has 0 aliphatic carbocycles. The summed E-state index contributed by atoms with van der Waals surface area (Å²) >= 11 is 11.9. The van der Waals surface area contributed by atoms with Gasteiger partial charge in [-0.1, -0.05) is 29.8 Å². The number of hydrogen-bond donors (Lipinski definition) is 2. The second-order valence-electron chi connectivity index (χ2n) is 5.52. The molecular weight excluding hydrogens is 345 g/mol. The van der Waals surface area contributed by atoms with Gasteiger partial charge < -0.3 is 15.5 Å². The van der Waals surface area contributed by atoms with E-state index in [1.807, 2.05) is 31.2 Å². The van der Waals surface area contributed by atoms with Crippen molar-refractivity contribution in [1.29, 1.82) is 0 Å². The number of rotatable bonds is 5. The van der Waals surface area contributed by atoms with Gasteiger partial charge in [0.25, 0.3) is 0 Å². The average molecular weight is 362 g/mol. The van der Waals surface area contributed by atoms with Crippen molar-refractivity contribution >= 4 is 46.2 Å². The summed E-state index contributed by atoms with van der Waals surface area (Å²) in [4.78, 5) is 13.7. The molecule has 0 aromatic heterocycles. The van der Waals surface area contributed by atoms with Crippen molar-refractivity contribution in [2.24, 2.45) is 0 Å². The van der Waals surface area contributed by atoms with E-state index in [-0.39, 0.29) is 5.91 Å². The summed E-state index contributed by atoms with van der Waals surface area (Å²) in [5.41, 5.74) is 3.66. The number of nitrogens with zero attached hydrogens (tertiary/aromatic N) is 1. The van der Waals surface area contributed by atoms with E-state index in [0.717, 1.165) is 22.6 Å². The highest BCUT2D eigenvalue weighted by molar-refractivity contribution is 6.42. The summed E-state index contributed by atoms with van der Waals surface area (Å²) in [5.74, 6) is 0.738. The number of carbonyl (C=O) groups excluding carboxylic acids is 1. The van der Waals surface area contributed by atoms with Crippen LogP contribution in [0.5, 0.6) is 0 Å². The minimum Gasteiger partial charge on any atom is -0.342 e. The molecule has 0 atom stereocenters. The van der Waals surface area contributed by atoms with Gasteiger partial charge in [-0.15, -0.1) is 0 Å². The maximum atomic E-state index is 11.9. The molecule has 2 aromatic rings. The summed E-state index contributed by atoms with van der Waals surface area (Å²) in [7, 11) is 0. The van der Waals surface area contributed by atoms with E-state index in [0.29, 0.717) is 28.8 Å². The van der Waals surface area contributed by atoms with E-state index in [4.69, 9.17) is 23.2 Å². The molecule has 1 aliphatic rings. The molecule has 2 aromatic carbocycles. The molecule has 1 heterocycles. The molecule has 0 saturated carbocycles. The van der Waals surface area contributed by atoms with Gasteiger partial charge in [0, 0.05) is 23.6 Å². The fourth-order valence-electron chi connectivity index (χ4n) is 2.76. The van der Waals surface area contributed by atoms with Crippen LogP contribution in [0.1, 0.15) is 12.5 Å². The zero-order valence-corrected chi connectivity index (χ0v) is 14.7. The van der Waals surface area contributed by atoms with Crippen molar-refractivity contribution in [3.63, 3.8) is 0 Å². The topological polar surface area (TPSA) is 44.4 Å². The first kappa shape index (κ1) is 16.7.